The van der Waals surface area contributed by atoms with Crippen molar-refractivity contribution in [2.24, 2.45) is 0 Å². The molecule has 1 rings (SSSR count). The van der Waals surface area contributed by atoms with Gasteiger partial charge < -0.3 is 14.8 Å². The summed E-state index contributed by atoms with van der Waals surface area (Å²) in [6.07, 6.45) is 2.36. The summed E-state index contributed by atoms with van der Waals surface area (Å²) in [6.45, 7) is 3.49. The molecule has 1 heterocycles. The number of nitrogens with one attached hydrogen (secondary N) is 1. The molecule has 1 atom stereocenters. The fourth-order valence-electron chi connectivity index (χ4n) is 1.21. The quantitative estimate of drug-likeness (QED) is 0.765. The monoisotopic (exact) mass is 257 g/mol. The van der Waals surface area contributed by atoms with Crippen LogP contribution in [0.25, 0.3) is 0 Å². The minimum Gasteiger partial charge on any atom is -0.480 e. The Hall–Kier alpha value is -1.75. The maximum absolute atomic E-state index is 11.6. The van der Waals surface area contributed by atoms with Crippen LogP contribution in [-0.4, -0.2) is 23.0 Å². The van der Waals surface area contributed by atoms with Crippen LogP contribution in [0.2, 0.25) is 5.22 Å². The second-order valence-electron chi connectivity index (χ2n) is 3.33. The first-order valence-electron chi connectivity index (χ1n) is 4.94. The minimum absolute atomic E-state index is 0.0140. The van der Waals surface area contributed by atoms with Gasteiger partial charge in [0.05, 0.1) is 0 Å². The highest BCUT2D eigenvalue weighted by Crippen LogP contribution is 2.13. The Morgan fingerprint density at radius 3 is 2.76 bits per heavy atom. The molecule has 5 nitrogen and oxygen atoms in total. The van der Waals surface area contributed by atoms with E-state index in [-0.39, 0.29) is 17.4 Å². The van der Waals surface area contributed by atoms with Crippen molar-refractivity contribution in [2.45, 2.75) is 18.9 Å². The number of hydrogen-bond acceptors (Lipinski definition) is 3. The first-order chi connectivity index (χ1) is 8.04. The molecule has 1 aromatic rings. The second-order valence-corrected chi connectivity index (χ2v) is 3.71. The Bertz CT molecular complexity index is 427. The van der Waals surface area contributed by atoms with Crippen LogP contribution in [0.4, 0.5) is 0 Å². The lowest BCUT2D eigenvalue weighted by atomic mass is 10.1. The molecule has 0 spiro atoms. The van der Waals surface area contributed by atoms with Crippen molar-refractivity contribution in [2.75, 3.05) is 0 Å². The zero-order valence-corrected chi connectivity index (χ0v) is 9.74. The van der Waals surface area contributed by atoms with Crippen LogP contribution in [0.5, 0.6) is 0 Å². The number of carboxylic acid groups (broad SMARTS) is 1. The summed E-state index contributed by atoms with van der Waals surface area (Å²) < 4.78 is 4.87. The largest absolute Gasteiger partial charge is 0.480 e. The lowest BCUT2D eigenvalue weighted by molar-refractivity contribution is -0.139. The number of hydrogen-bond donors (Lipinski definition) is 2. The van der Waals surface area contributed by atoms with E-state index < -0.39 is 17.9 Å². The molecule has 1 unspecified atom stereocenters. The van der Waals surface area contributed by atoms with E-state index in [1.54, 1.807) is 6.08 Å². The smallest absolute Gasteiger partial charge is 0.326 e. The van der Waals surface area contributed by atoms with Gasteiger partial charge in [-0.25, -0.2) is 4.79 Å². The number of furan rings is 1. The lowest BCUT2D eigenvalue weighted by Crippen LogP contribution is -2.40. The van der Waals surface area contributed by atoms with E-state index in [0.29, 0.717) is 6.42 Å². The van der Waals surface area contributed by atoms with Crippen molar-refractivity contribution in [1.29, 1.82) is 0 Å². The Balaban J connectivity index is 2.63. The highest BCUT2D eigenvalue weighted by atomic mass is 35.5. The van der Waals surface area contributed by atoms with E-state index in [1.807, 2.05) is 0 Å². The van der Waals surface area contributed by atoms with Gasteiger partial charge in [0, 0.05) is 0 Å². The molecule has 1 amide bonds. The molecule has 17 heavy (non-hydrogen) atoms. The maximum atomic E-state index is 11.6. The summed E-state index contributed by atoms with van der Waals surface area (Å²) in [6, 6.07) is 1.82. The summed E-state index contributed by atoms with van der Waals surface area (Å²) in [4.78, 5) is 22.5. The number of aliphatic carboxylic acids is 1. The van der Waals surface area contributed by atoms with E-state index >= 15 is 0 Å². The van der Waals surface area contributed by atoms with Crippen LogP contribution in [0.15, 0.2) is 29.2 Å². The van der Waals surface area contributed by atoms with Gasteiger partial charge in [0.25, 0.3) is 5.91 Å². The first kappa shape index (κ1) is 13.3. The number of amides is 1. The topological polar surface area (TPSA) is 79.5 Å². The van der Waals surface area contributed by atoms with Gasteiger partial charge in [0.2, 0.25) is 0 Å². The molecule has 1 aromatic heterocycles. The molecule has 0 saturated carbocycles. The van der Waals surface area contributed by atoms with Crippen molar-refractivity contribution < 1.29 is 19.1 Å². The van der Waals surface area contributed by atoms with Gasteiger partial charge in [-0.1, -0.05) is 6.08 Å². The van der Waals surface area contributed by atoms with Gasteiger partial charge in [-0.3, -0.25) is 4.79 Å². The molecule has 0 aliphatic carbocycles. The molecule has 0 radical (unpaired) electrons. The average molecular weight is 258 g/mol. The normalized spacial score (nSPS) is 11.8. The zero-order chi connectivity index (χ0) is 12.8. The van der Waals surface area contributed by atoms with Crippen molar-refractivity contribution in [3.05, 3.63) is 35.8 Å². The molecule has 92 valence electrons. The molecule has 0 bridgehead atoms. The third-order valence-corrected chi connectivity index (χ3v) is 2.26. The van der Waals surface area contributed by atoms with Crippen molar-refractivity contribution in [3.8, 4) is 0 Å². The van der Waals surface area contributed by atoms with Gasteiger partial charge >= 0.3 is 5.97 Å². The molecule has 0 aliphatic rings. The molecular weight excluding hydrogens is 246 g/mol. The molecule has 0 saturated heterocycles. The number of halogens is 1. The molecular formula is C11H12ClNO4. The van der Waals surface area contributed by atoms with E-state index in [1.165, 1.54) is 12.1 Å². The third-order valence-electron chi connectivity index (χ3n) is 2.06. The van der Waals surface area contributed by atoms with Crippen LogP contribution < -0.4 is 5.32 Å². The second kappa shape index (κ2) is 6.10. The Morgan fingerprint density at radius 2 is 2.29 bits per heavy atom. The van der Waals surface area contributed by atoms with E-state index in [9.17, 15) is 9.59 Å². The predicted molar refractivity (Wildman–Crippen MR) is 62.0 cm³/mol. The molecule has 2 N–H and O–H groups in total. The summed E-state index contributed by atoms with van der Waals surface area (Å²) in [5, 5.41) is 11.3. The van der Waals surface area contributed by atoms with Gasteiger partial charge in [-0.2, -0.15) is 0 Å². The van der Waals surface area contributed by atoms with Crippen LogP contribution >= 0.6 is 11.6 Å². The third kappa shape index (κ3) is 3.96. The number of allylic oxidation sites excluding steroid dienone is 1. The van der Waals surface area contributed by atoms with Crippen molar-refractivity contribution >= 4 is 23.5 Å². The minimum atomic E-state index is -1.10. The number of carbonyl (C=O) groups is 2. The maximum Gasteiger partial charge on any atom is 0.326 e. The highest BCUT2D eigenvalue weighted by molar-refractivity contribution is 6.29. The Kier molecular flexibility index (Phi) is 4.78. The molecule has 6 heteroatoms. The lowest BCUT2D eigenvalue weighted by Gasteiger charge is -2.12. The van der Waals surface area contributed by atoms with Crippen molar-refractivity contribution in [1.82, 2.24) is 5.32 Å². The number of carboxylic acids is 1. The highest BCUT2D eigenvalue weighted by Gasteiger charge is 2.21. The first-order valence-corrected chi connectivity index (χ1v) is 5.32. The van der Waals surface area contributed by atoms with E-state index in [0.717, 1.165) is 0 Å². The van der Waals surface area contributed by atoms with Gasteiger partial charge in [0.1, 0.15) is 6.04 Å². The van der Waals surface area contributed by atoms with Crippen LogP contribution in [-0.2, 0) is 4.79 Å². The van der Waals surface area contributed by atoms with Gasteiger partial charge in [0.15, 0.2) is 11.0 Å². The fraction of sp³-hybridized carbons (Fsp3) is 0.273. The molecule has 0 aromatic carbocycles. The fourth-order valence-corrected chi connectivity index (χ4v) is 1.35. The van der Waals surface area contributed by atoms with Gasteiger partial charge in [-0.15, -0.1) is 6.58 Å². The van der Waals surface area contributed by atoms with Crippen LogP contribution in [0.3, 0.4) is 0 Å². The Labute approximate surface area is 103 Å². The Morgan fingerprint density at radius 1 is 1.59 bits per heavy atom. The average Bonchev–Trinajstić information content (AvgIpc) is 2.70. The van der Waals surface area contributed by atoms with Crippen molar-refractivity contribution in [3.63, 3.8) is 0 Å². The number of rotatable bonds is 6. The summed E-state index contributed by atoms with van der Waals surface area (Å²) >= 11 is 5.51. The summed E-state index contributed by atoms with van der Waals surface area (Å²) in [7, 11) is 0. The van der Waals surface area contributed by atoms with E-state index in [4.69, 9.17) is 21.1 Å². The predicted octanol–water partition coefficient (Wildman–Crippen LogP) is 2.08. The van der Waals surface area contributed by atoms with E-state index in [2.05, 4.69) is 11.9 Å². The zero-order valence-electron chi connectivity index (χ0n) is 8.98. The molecule has 0 aliphatic heterocycles. The number of carbonyl (C=O) groups excluding carboxylic acids is 1. The standard InChI is InChI=1S/C11H12ClNO4/c1-2-3-4-7(11(15)16)13-10(14)8-5-6-9(12)17-8/h2,5-7H,1,3-4H2,(H,13,14)(H,15,16). The summed E-state index contributed by atoms with van der Waals surface area (Å²) in [5.74, 6) is -1.72. The SMILES string of the molecule is C=CCCC(NC(=O)c1ccc(Cl)o1)C(=O)O. The van der Waals surface area contributed by atoms with Crippen LogP contribution in [0.1, 0.15) is 23.4 Å². The van der Waals surface area contributed by atoms with Gasteiger partial charge in [-0.05, 0) is 36.6 Å². The molecule has 0 fully saturated rings. The summed E-state index contributed by atoms with van der Waals surface area (Å²) in [5.41, 5.74) is 0. The van der Waals surface area contributed by atoms with Crippen LogP contribution in [0, 0.1) is 0 Å².